The smallest absolute Gasteiger partial charge is 0.243 e. The molecule has 20 heavy (non-hydrogen) atoms. The number of ether oxygens (including phenoxy) is 1. The van der Waals surface area contributed by atoms with E-state index in [1.807, 2.05) is 0 Å². The first-order valence-electron chi connectivity index (χ1n) is 6.49. The van der Waals surface area contributed by atoms with Crippen molar-refractivity contribution in [2.24, 2.45) is 0 Å². The molecule has 1 fully saturated rings. The van der Waals surface area contributed by atoms with Gasteiger partial charge in [-0.15, -0.1) is 0 Å². The summed E-state index contributed by atoms with van der Waals surface area (Å²) in [4.78, 5) is 22.6. The van der Waals surface area contributed by atoms with Crippen LogP contribution in [0, 0.1) is 0 Å². The maximum atomic E-state index is 11.6. The van der Waals surface area contributed by atoms with E-state index in [1.54, 1.807) is 31.4 Å². The molecule has 2 amide bonds. The summed E-state index contributed by atoms with van der Waals surface area (Å²) in [7, 11) is 1.56. The fraction of sp³-hybridized carbons (Fsp3) is 0.429. The van der Waals surface area contributed by atoms with E-state index in [1.165, 1.54) is 0 Å². The highest BCUT2D eigenvalue weighted by Gasteiger charge is 2.26. The molecule has 6 heteroatoms. The second-order valence-electron chi connectivity index (χ2n) is 4.70. The molecule has 2 unspecified atom stereocenters. The third-order valence-corrected chi connectivity index (χ3v) is 3.28. The number of benzene rings is 1. The molecule has 1 aromatic carbocycles. The summed E-state index contributed by atoms with van der Waals surface area (Å²) < 4.78 is 5.10. The van der Waals surface area contributed by atoms with Crippen LogP contribution in [-0.4, -0.2) is 36.6 Å². The van der Waals surface area contributed by atoms with Crippen molar-refractivity contribution in [3.8, 4) is 5.75 Å². The van der Waals surface area contributed by atoms with E-state index >= 15 is 0 Å². The first kappa shape index (κ1) is 14.5. The number of aliphatic hydroxyl groups is 1. The fourth-order valence-corrected chi connectivity index (χ4v) is 2.11. The van der Waals surface area contributed by atoms with Gasteiger partial charge in [0.1, 0.15) is 5.75 Å². The first-order chi connectivity index (χ1) is 9.60. The average Bonchev–Trinajstić information content (AvgIpc) is 2.46. The Morgan fingerprint density at radius 3 is 3.00 bits per heavy atom. The lowest BCUT2D eigenvalue weighted by Crippen LogP contribution is -2.51. The number of methoxy groups -OCH3 is 1. The van der Waals surface area contributed by atoms with Crippen molar-refractivity contribution < 1.29 is 19.4 Å². The summed E-state index contributed by atoms with van der Waals surface area (Å²) in [5, 5.41) is 15.3. The van der Waals surface area contributed by atoms with Gasteiger partial charge in [0.05, 0.1) is 19.3 Å². The van der Waals surface area contributed by atoms with Crippen molar-refractivity contribution in [3.63, 3.8) is 0 Å². The van der Waals surface area contributed by atoms with Gasteiger partial charge in [0, 0.05) is 13.0 Å². The lowest BCUT2D eigenvalue weighted by atomic mass is 10.0. The normalized spacial score (nSPS) is 20.4. The number of aliphatic hydroxyl groups excluding tert-OH is 1. The molecule has 6 nitrogen and oxygen atoms in total. The van der Waals surface area contributed by atoms with Crippen molar-refractivity contribution >= 4 is 11.8 Å². The number of carbonyl (C=O) groups excluding carboxylic acids is 2. The molecule has 0 radical (unpaired) electrons. The largest absolute Gasteiger partial charge is 0.497 e. The molecule has 0 bridgehead atoms. The van der Waals surface area contributed by atoms with E-state index in [0.29, 0.717) is 24.2 Å². The highest BCUT2D eigenvalue weighted by atomic mass is 16.5. The molecule has 2 atom stereocenters. The zero-order valence-electron chi connectivity index (χ0n) is 11.3. The van der Waals surface area contributed by atoms with E-state index < -0.39 is 12.1 Å². The van der Waals surface area contributed by atoms with Crippen LogP contribution < -0.4 is 15.4 Å². The molecule has 1 aliphatic heterocycles. The zero-order chi connectivity index (χ0) is 14.5. The van der Waals surface area contributed by atoms with Crippen molar-refractivity contribution in [2.75, 3.05) is 13.7 Å². The van der Waals surface area contributed by atoms with Gasteiger partial charge < -0.3 is 15.2 Å². The van der Waals surface area contributed by atoms with Gasteiger partial charge in [0.2, 0.25) is 11.8 Å². The number of hydrogen-bond acceptors (Lipinski definition) is 5. The fourth-order valence-electron chi connectivity index (χ4n) is 2.11. The Hall–Kier alpha value is -1.92. The molecule has 108 valence electrons. The Morgan fingerprint density at radius 2 is 2.30 bits per heavy atom. The van der Waals surface area contributed by atoms with Crippen molar-refractivity contribution in [2.45, 2.75) is 25.0 Å². The number of imide groups is 1. The highest BCUT2D eigenvalue weighted by molar-refractivity contribution is 6.00. The maximum absolute atomic E-state index is 11.6. The third-order valence-electron chi connectivity index (χ3n) is 3.28. The minimum Gasteiger partial charge on any atom is -0.497 e. The van der Waals surface area contributed by atoms with Crippen LogP contribution in [0.25, 0.3) is 0 Å². The number of hydrogen-bond donors (Lipinski definition) is 3. The minimum atomic E-state index is -0.740. The molecule has 0 aliphatic carbocycles. The molecule has 0 aromatic heterocycles. The first-order valence-corrected chi connectivity index (χ1v) is 6.49. The summed E-state index contributed by atoms with van der Waals surface area (Å²) in [5.74, 6) is 0.0862. The second-order valence-corrected chi connectivity index (χ2v) is 4.70. The molecule has 1 aromatic rings. The number of piperidine rings is 1. The summed E-state index contributed by atoms with van der Waals surface area (Å²) in [5.41, 5.74) is 0.712. The van der Waals surface area contributed by atoms with Crippen LogP contribution in [0.4, 0.5) is 0 Å². The Morgan fingerprint density at radius 1 is 1.50 bits per heavy atom. The molecule has 1 heterocycles. The van der Waals surface area contributed by atoms with Gasteiger partial charge in [-0.1, -0.05) is 12.1 Å². The van der Waals surface area contributed by atoms with Gasteiger partial charge in [-0.25, -0.2) is 0 Å². The lowest BCUT2D eigenvalue weighted by Gasteiger charge is -2.23. The van der Waals surface area contributed by atoms with Crippen LogP contribution in [0.3, 0.4) is 0 Å². The Bertz CT molecular complexity index is 504. The quantitative estimate of drug-likeness (QED) is 0.666. The van der Waals surface area contributed by atoms with E-state index in [9.17, 15) is 14.7 Å². The van der Waals surface area contributed by atoms with Crippen LogP contribution in [0.5, 0.6) is 5.75 Å². The molecule has 1 aliphatic rings. The average molecular weight is 278 g/mol. The van der Waals surface area contributed by atoms with E-state index in [4.69, 9.17) is 4.74 Å². The zero-order valence-corrected chi connectivity index (χ0v) is 11.3. The van der Waals surface area contributed by atoms with Crippen molar-refractivity contribution in [3.05, 3.63) is 29.8 Å². The summed E-state index contributed by atoms with van der Waals surface area (Å²) in [6, 6.07) is 6.69. The van der Waals surface area contributed by atoms with Gasteiger partial charge in [-0.05, 0) is 24.1 Å². The summed E-state index contributed by atoms with van der Waals surface area (Å²) in [6.45, 7) is 0.236. The monoisotopic (exact) mass is 278 g/mol. The van der Waals surface area contributed by atoms with Crippen LogP contribution in [0.15, 0.2) is 24.3 Å². The molecule has 0 spiro atoms. The van der Waals surface area contributed by atoms with Crippen LogP contribution in [0.1, 0.15) is 24.5 Å². The standard InChI is InChI=1S/C14H18N2O4/c1-20-10-4-2-3-9(7-10)12(17)8-15-11-5-6-13(18)16-14(11)19/h2-4,7,11-12,15,17H,5-6,8H2,1H3,(H,16,18,19). The van der Waals surface area contributed by atoms with E-state index in [2.05, 4.69) is 10.6 Å². The van der Waals surface area contributed by atoms with Gasteiger partial charge in [0.25, 0.3) is 0 Å². The second kappa shape index (κ2) is 6.49. The Kier molecular flexibility index (Phi) is 4.70. The number of amides is 2. The summed E-state index contributed by atoms with van der Waals surface area (Å²) >= 11 is 0. The predicted molar refractivity (Wildman–Crippen MR) is 72.1 cm³/mol. The molecule has 2 rings (SSSR count). The van der Waals surface area contributed by atoms with E-state index in [-0.39, 0.29) is 18.4 Å². The molecular formula is C14H18N2O4. The highest BCUT2D eigenvalue weighted by Crippen LogP contribution is 2.18. The number of nitrogens with one attached hydrogen (secondary N) is 2. The molecular weight excluding hydrogens is 260 g/mol. The van der Waals surface area contributed by atoms with Crippen LogP contribution >= 0.6 is 0 Å². The lowest BCUT2D eigenvalue weighted by molar-refractivity contribution is -0.134. The molecule has 3 N–H and O–H groups in total. The van der Waals surface area contributed by atoms with Crippen LogP contribution in [0.2, 0.25) is 0 Å². The van der Waals surface area contributed by atoms with E-state index in [0.717, 1.165) is 0 Å². The predicted octanol–water partition coefficient (Wildman–Crippen LogP) is 0.123. The molecule has 1 saturated heterocycles. The van der Waals surface area contributed by atoms with Crippen LogP contribution in [-0.2, 0) is 9.59 Å². The van der Waals surface area contributed by atoms with Crippen molar-refractivity contribution in [1.29, 1.82) is 0 Å². The topological polar surface area (TPSA) is 87.7 Å². The Labute approximate surface area is 117 Å². The van der Waals surface area contributed by atoms with Crippen molar-refractivity contribution in [1.82, 2.24) is 10.6 Å². The van der Waals surface area contributed by atoms with Gasteiger partial charge in [-0.3, -0.25) is 14.9 Å². The minimum absolute atomic E-state index is 0.236. The maximum Gasteiger partial charge on any atom is 0.243 e. The summed E-state index contributed by atoms with van der Waals surface area (Å²) in [6.07, 6.45) is 0.0317. The number of carbonyl (C=O) groups is 2. The Balaban J connectivity index is 1.89. The van der Waals surface area contributed by atoms with Gasteiger partial charge in [0.15, 0.2) is 0 Å². The SMILES string of the molecule is COc1cccc(C(O)CNC2CCC(=O)NC2=O)c1. The molecule has 0 saturated carbocycles. The van der Waals surface area contributed by atoms with Gasteiger partial charge >= 0.3 is 0 Å². The third kappa shape index (κ3) is 3.55. The van der Waals surface area contributed by atoms with Gasteiger partial charge in [-0.2, -0.15) is 0 Å². The number of rotatable bonds is 5.